The van der Waals surface area contributed by atoms with Crippen molar-refractivity contribution < 1.29 is 26.7 Å². The molecule has 0 radical (unpaired) electrons. The van der Waals surface area contributed by atoms with Gasteiger partial charge < -0.3 is 20.1 Å². The van der Waals surface area contributed by atoms with Gasteiger partial charge in [-0.05, 0) is 32.6 Å². The van der Waals surface area contributed by atoms with Crippen LogP contribution in [0, 0.1) is 11.8 Å². The van der Waals surface area contributed by atoms with Gasteiger partial charge in [-0.25, -0.2) is 0 Å². The largest absolute Gasteiger partial charge is 0.379 e. The maximum atomic E-state index is 12.0. The molecule has 1 aliphatic carbocycles. The van der Waals surface area contributed by atoms with Crippen molar-refractivity contribution in [3.05, 3.63) is 0 Å². The Morgan fingerprint density at radius 3 is 2.28 bits per heavy atom. The van der Waals surface area contributed by atoms with Crippen molar-refractivity contribution in [1.82, 2.24) is 10.6 Å². The van der Waals surface area contributed by atoms with E-state index in [1.54, 1.807) is 0 Å². The van der Waals surface area contributed by atoms with Gasteiger partial charge in [0.05, 0.1) is 19.8 Å². The highest BCUT2D eigenvalue weighted by Gasteiger charge is 2.28. The minimum atomic E-state index is -0.321. The fourth-order valence-electron chi connectivity index (χ4n) is 2.93. The fourth-order valence-corrected chi connectivity index (χ4v) is 2.93. The second-order valence-electron chi connectivity index (χ2n) is 6.70. The second kappa shape index (κ2) is 12.0. The van der Waals surface area contributed by atoms with Crippen LogP contribution in [0.25, 0.3) is 0 Å². The van der Waals surface area contributed by atoms with E-state index in [1.807, 2.05) is 20.8 Å². The molecule has 2 N–H and O–H groups in total. The van der Waals surface area contributed by atoms with E-state index in [0.29, 0.717) is 25.6 Å². The number of Topliss-reactive ketones (excluding diaryl/α,β-unsaturated/α-hetero) is 1. The highest BCUT2D eigenvalue weighted by molar-refractivity contribution is 5.85. The van der Waals surface area contributed by atoms with Gasteiger partial charge >= 0.3 is 0 Å². The lowest BCUT2D eigenvalue weighted by molar-refractivity contribution is -0.130. The van der Waals surface area contributed by atoms with Gasteiger partial charge in [0.1, 0.15) is 12.4 Å². The number of carbonyl (C=O) groups is 3. The van der Waals surface area contributed by atoms with Crippen LogP contribution in [0.3, 0.4) is 0 Å². The molecule has 1 rings (SSSR count). The Kier molecular flexibility index (Phi) is 10.3. The number of hydrogen-bond donors (Lipinski definition) is 2. The quantitative estimate of drug-likeness (QED) is 0.545. The van der Waals surface area contributed by atoms with E-state index in [4.69, 9.17) is 9.47 Å². The van der Waals surface area contributed by atoms with Gasteiger partial charge in [-0.2, -0.15) is 0 Å². The van der Waals surface area contributed by atoms with E-state index in [-0.39, 0.29) is 45.7 Å². The molecule has 0 aromatic rings. The Labute approximate surface area is 153 Å². The van der Waals surface area contributed by atoms with E-state index in [1.165, 1.54) is 0 Å². The molecule has 7 heteroatoms. The third-order valence-electron chi connectivity index (χ3n) is 4.32. The Morgan fingerprint density at radius 2 is 1.68 bits per heavy atom. The zero-order valence-electron chi connectivity index (χ0n) is 15.6. The maximum Gasteiger partial charge on any atom is 0.246 e. The van der Waals surface area contributed by atoms with Crippen LogP contribution < -0.4 is 10.6 Å². The fraction of sp³-hybridized carbons (Fsp3) is 0.833. The summed E-state index contributed by atoms with van der Waals surface area (Å²) in [5, 5.41) is 5.46. The summed E-state index contributed by atoms with van der Waals surface area (Å²) < 4.78 is 10.2. The smallest absolute Gasteiger partial charge is 0.246 e. The van der Waals surface area contributed by atoms with Gasteiger partial charge in [-0.15, -0.1) is 0 Å². The highest BCUT2D eigenvalue weighted by Crippen LogP contribution is 2.27. The van der Waals surface area contributed by atoms with Gasteiger partial charge in [0.15, 0.2) is 0 Å². The summed E-state index contributed by atoms with van der Waals surface area (Å²) in [6, 6.07) is 0.0862. The van der Waals surface area contributed by atoms with Gasteiger partial charge in [0.25, 0.3) is 0 Å². The summed E-state index contributed by atoms with van der Waals surface area (Å²) in [7, 11) is 0. The molecule has 25 heavy (non-hydrogen) atoms. The zero-order valence-corrected chi connectivity index (χ0v) is 15.6. The van der Waals surface area contributed by atoms with E-state index in [0.717, 1.165) is 25.7 Å². The molecule has 0 aliphatic heterocycles. The van der Waals surface area contributed by atoms with Gasteiger partial charge in [-0.1, -0.05) is 13.8 Å². The minimum absolute atomic E-state index is 0. The minimum Gasteiger partial charge on any atom is -0.379 e. The van der Waals surface area contributed by atoms with Gasteiger partial charge in [0.2, 0.25) is 11.8 Å². The van der Waals surface area contributed by atoms with Crippen LogP contribution in [0.1, 0.15) is 49.3 Å². The Morgan fingerprint density at radius 1 is 1.04 bits per heavy atom. The summed E-state index contributed by atoms with van der Waals surface area (Å²) in [5.74, 6) is -0.00985. The lowest BCUT2D eigenvalue weighted by atomic mass is 9.80. The van der Waals surface area contributed by atoms with Crippen molar-refractivity contribution in [2.45, 2.75) is 52.5 Å². The summed E-state index contributed by atoms with van der Waals surface area (Å²) in [6.45, 7) is 7.03. The van der Waals surface area contributed by atoms with Crippen molar-refractivity contribution in [3.63, 3.8) is 0 Å². The van der Waals surface area contributed by atoms with Crippen molar-refractivity contribution in [2.24, 2.45) is 11.8 Å². The van der Waals surface area contributed by atoms with E-state index in [9.17, 15) is 14.4 Å². The standard InChI is InChI=1S/C18H32N2O5.2H2/c1-4-24-9-10-25-12-17(22)19-11-16(21)20-15-7-5-14(6-8-15)18(23)13(2)3;;/h13-15H,4-12H2,1-3H3,(H,19,22)(H,20,21);2*1H. The van der Waals surface area contributed by atoms with Crippen LogP contribution in [0.5, 0.6) is 0 Å². The molecule has 0 aromatic carbocycles. The predicted molar refractivity (Wildman–Crippen MR) is 98.3 cm³/mol. The summed E-state index contributed by atoms with van der Waals surface area (Å²) in [6.07, 6.45) is 3.26. The summed E-state index contributed by atoms with van der Waals surface area (Å²) >= 11 is 0. The van der Waals surface area contributed by atoms with Crippen LogP contribution in [0.2, 0.25) is 0 Å². The lowest BCUT2D eigenvalue weighted by Gasteiger charge is -2.29. The van der Waals surface area contributed by atoms with Crippen LogP contribution in [0.4, 0.5) is 0 Å². The first-order valence-corrected chi connectivity index (χ1v) is 9.19. The molecular weight excluding hydrogens is 324 g/mol. The Balaban J connectivity index is 0. The molecule has 0 aromatic heterocycles. The number of rotatable bonds is 11. The number of ether oxygens (including phenoxy) is 2. The number of ketones is 1. The maximum absolute atomic E-state index is 12.0. The van der Waals surface area contributed by atoms with Gasteiger partial charge in [0, 0.05) is 27.3 Å². The summed E-state index contributed by atoms with van der Waals surface area (Å²) in [5.41, 5.74) is 0. The first-order valence-electron chi connectivity index (χ1n) is 9.19. The highest BCUT2D eigenvalue weighted by atomic mass is 16.5. The molecule has 148 valence electrons. The van der Waals surface area contributed by atoms with Crippen molar-refractivity contribution in [3.8, 4) is 0 Å². The summed E-state index contributed by atoms with van der Waals surface area (Å²) in [4.78, 5) is 35.5. The third kappa shape index (κ3) is 8.97. The molecule has 1 saturated carbocycles. The molecule has 0 heterocycles. The predicted octanol–water partition coefficient (Wildman–Crippen LogP) is 1.55. The molecule has 7 nitrogen and oxygen atoms in total. The van der Waals surface area contributed by atoms with E-state index in [2.05, 4.69) is 10.6 Å². The van der Waals surface area contributed by atoms with Crippen LogP contribution in [0.15, 0.2) is 0 Å². The monoisotopic (exact) mass is 360 g/mol. The van der Waals surface area contributed by atoms with Crippen LogP contribution in [-0.2, 0) is 23.9 Å². The normalized spacial score (nSPS) is 20.3. The molecule has 2 amide bonds. The Bertz CT molecular complexity index is 441. The molecule has 0 bridgehead atoms. The number of amides is 2. The molecule has 0 spiro atoms. The molecule has 1 aliphatic rings. The van der Waals surface area contributed by atoms with Crippen molar-refractivity contribution in [2.75, 3.05) is 33.0 Å². The van der Waals surface area contributed by atoms with Crippen molar-refractivity contribution >= 4 is 17.6 Å². The second-order valence-corrected chi connectivity index (χ2v) is 6.70. The van der Waals surface area contributed by atoms with Gasteiger partial charge in [-0.3, -0.25) is 14.4 Å². The Hall–Kier alpha value is -1.47. The van der Waals surface area contributed by atoms with Crippen molar-refractivity contribution in [1.29, 1.82) is 0 Å². The molecule has 1 fully saturated rings. The molecular formula is C18H36N2O5. The first-order chi connectivity index (χ1) is 11.9. The average Bonchev–Trinajstić information content (AvgIpc) is 2.59. The topological polar surface area (TPSA) is 93.7 Å². The average molecular weight is 360 g/mol. The van der Waals surface area contributed by atoms with E-state index < -0.39 is 0 Å². The van der Waals surface area contributed by atoms with Crippen LogP contribution >= 0.6 is 0 Å². The molecule has 0 unspecified atom stereocenters. The molecule has 0 atom stereocenters. The number of carbonyl (C=O) groups excluding carboxylic acids is 3. The zero-order chi connectivity index (χ0) is 18.7. The first kappa shape index (κ1) is 21.6. The SMILES string of the molecule is CCOCCOCC(=O)NCC(=O)NC1CCC(C(=O)C(C)C)CC1.[HH].[HH]. The molecule has 0 saturated heterocycles. The number of hydrogen-bond acceptors (Lipinski definition) is 5. The van der Waals surface area contributed by atoms with E-state index >= 15 is 0 Å². The lowest BCUT2D eigenvalue weighted by Crippen LogP contribution is -2.44. The third-order valence-corrected chi connectivity index (χ3v) is 4.32. The van der Waals surface area contributed by atoms with Crippen LogP contribution in [-0.4, -0.2) is 56.6 Å². The number of nitrogens with one attached hydrogen (secondary N) is 2.